The number of sulfonamides is 1. The van der Waals surface area contributed by atoms with Gasteiger partial charge < -0.3 is 5.32 Å². The van der Waals surface area contributed by atoms with Crippen LogP contribution in [0.3, 0.4) is 0 Å². The number of benzene rings is 1. The van der Waals surface area contributed by atoms with Crippen LogP contribution in [0.4, 0.5) is 11.6 Å². The van der Waals surface area contributed by atoms with Gasteiger partial charge in [-0.15, -0.1) is 11.3 Å². The number of nitrogens with zero attached hydrogens (tertiary/aromatic N) is 4. The minimum Gasteiger partial charge on any atom is -0.324 e. The molecule has 0 bridgehead atoms. The highest BCUT2D eigenvalue weighted by Gasteiger charge is 2.25. The third-order valence-electron chi connectivity index (χ3n) is 4.18. The van der Waals surface area contributed by atoms with Crippen LogP contribution in [0.1, 0.15) is 18.9 Å². The summed E-state index contributed by atoms with van der Waals surface area (Å²) in [6, 6.07) is 14.9. The van der Waals surface area contributed by atoms with Gasteiger partial charge in [-0.05, 0) is 42.8 Å². The zero-order valence-electron chi connectivity index (χ0n) is 16.2. The molecule has 3 aromatic rings. The van der Waals surface area contributed by atoms with Crippen molar-refractivity contribution >= 4 is 33.0 Å². The van der Waals surface area contributed by atoms with Crippen molar-refractivity contribution in [3.8, 4) is 16.6 Å². The zero-order chi connectivity index (χ0) is 20.9. The molecule has 0 unspecified atom stereocenters. The summed E-state index contributed by atoms with van der Waals surface area (Å²) in [4.78, 5) is 9.49. The Morgan fingerprint density at radius 3 is 2.79 bits per heavy atom. The Bertz CT molecular complexity index is 1140. The van der Waals surface area contributed by atoms with E-state index in [1.807, 2.05) is 37.3 Å². The smallest absolute Gasteiger partial charge is 0.252 e. The zero-order valence-corrected chi connectivity index (χ0v) is 17.8. The van der Waals surface area contributed by atoms with E-state index in [1.165, 1.54) is 4.31 Å². The SMILES string of the molecule is CCN(CCC#N)S(=O)(=O)c1ccc(-c2ccnc(Nc3cccc(C)c3)n2)s1. The Hall–Kier alpha value is -2.80. The minimum absolute atomic E-state index is 0.158. The van der Waals surface area contributed by atoms with Crippen LogP contribution in [0.15, 0.2) is 52.9 Å². The highest BCUT2D eigenvalue weighted by Crippen LogP contribution is 2.32. The molecule has 0 aliphatic heterocycles. The highest BCUT2D eigenvalue weighted by atomic mass is 32.2. The molecule has 1 N–H and O–H groups in total. The summed E-state index contributed by atoms with van der Waals surface area (Å²) in [5.41, 5.74) is 2.64. The molecule has 150 valence electrons. The number of rotatable bonds is 8. The van der Waals surface area contributed by atoms with Crippen LogP contribution in [0.5, 0.6) is 0 Å². The monoisotopic (exact) mass is 427 g/mol. The fourth-order valence-electron chi connectivity index (χ4n) is 2.75. The van der Waals surface area contributed by atoms with Crippen LogP contribution in [0.2, 0.25) is 0 Å². The Balaban J connectivity index is 1.84. The van der Waals surface area contributed by atoms with Gasteiger partial charge in [-0.1, -0.05) is 19.1 Å². The first kappa shape index (κ1) is 20.9. The van der Waals surface area contributed by atoms with Crippen LogP contribution in [0, 0.1) is 18.3 Å². The molecule has 0 atom stereocenters. The van der Waals surface area contributed by atoms with E-state index in [1.54, 1.807) is 31.3 Å². The number of nitriles is 1. The number of nitrogens with one attached hydrogen (secondary N) is 1. The predicted octanol–water partition coefficient (Wildman–Crippen LogP) is 4.18. The molecule has 0 saturated heterocycles. The first-order chi connectivity index (χ1) is 13.9. The summed E-state index contributed by atoms with van der Waals surface area (Å²) >= 11 is 1.16. The summed E-state index contributed by atoms with van der Waals surface area (Å²) < 4.78 is 27.2. The van der Waals surface area contributed by atoms with Crippen LogP contribution >= 0.6 is 11.3 Å². The molecule has 0 fully saturated rings. The van der Waals surface area contributed by atoms with Gasteiger partial charge in [0.1, 0.15) is 4.21 Å². The highest BCUT2D eigenvalue weighted by molar-refractivity contribution is 7.91. The molecular formula is C20H21N5O2S2. The van der Waals surface area contributed by atoms with Gasteiger partial charge in [-0.3, -0.25) is 0 Å². The lowest BCUT2D eigenvalue weighted by Gasteiger charge is -2.17. The third-order valence-corrected chi connectivity index (χ3v) is 7.73. The van der Waals surface area contributed by atoms with E-state index in [2.05, 4.69) is 15.3 Å². The molecule has 2 aromatic heterocycles. The van der Waals surface area contributed by atoms with E-state index in [-0.39, 0.29) is 17.2 Å². The Labute approximate surface area is 174 Å². The number of aromatic nitrogens is 2. The number of anilines is 2. The molecule has 0 spiro atoms. The van der Waals surface area contributed by atoms with Crippen molar-refractivity contribution in [2.45, 2.75) is 24.5 Å². The van der Waals surface area contributed by atoms with Crippen LogP contribution in [-0.2, 0) is 10.0 Å². The van der Waals surface area contributed by atoms with Crippen molar-refractivity contribution in [2.75, 3.05) is 18.4 Å². The lowest BCUT2D eigenvalue weighted by molar-refractivity contribution is 0.436. The lowest BCUT2D eigenvalue weighted by atomic mass is 10.2. The molecular weight excluding hydrogens is 406 g/mol. The van der Waals surface area contributed by atoms with E-state index in [0.717, 1.165) is 27.5 Å². The number of aryl methyl sites for hydroxylation is 1. The van der Waals surface area contributed by atoms with Gasteiger partial charge in [0.15, 0.2) is 0 Å². The average molecular weight is 428 g/mol. The Morgan fingerprint density at radius 1 is 1.24 bits per heavy atom. The molecule has 29 heavy (non-hydrogen) atoms. The van der Waals surface area contributed by atoms with Gasteiger partial charge in [0, 0.05) is 31.4 Å². The first-order valence-corrected chi connectivity index (χ1v) is 11.3. The summed E-state index contributed by atoms with van der Waals surface area (Å²) in [6.07, 6.45) is 1.80. The van der Waals surface area contributed by atoms with E-state index in [0.29, 0.717) is 18.2 Å². The van der Waals surface area contributed by atoms with Gasteiger partial charge in [-0.25, -0.2) is 18.4 Å². The minimum atomic E-state index is -3.63. The van der Waals surface area contributed by atoms with Gasteiger partial charge >= 0.3 is 0 Å². The summed E-state index contributed by atoms with van der Waals surface area (Å²) in [6.45, 7) is 4.26. The van der Waals surface area contributed by atoms with Gasteiger partial charge in [-0.2, -0.15) is 9.57 Å². The van der Waals surface area contributed by atoms with Crippen molar-refractivity contribution in [2.24, 2.45) is 0 Å². The second-order valence-corrected chi connectivity index (χ2v) is 9.53. The van der Waals surface area contributed by atoms with Crippen LogP contribution in [0.25, 0.3) is 10.6 Å². The molecule has 0 aliphatic carbocycles. The molecule has 9 heteroatoms. The molecule has 0 aliphatic rings. The molecule has 0 saturated carbocycles. The van der Waals surface area contributed by atoms with Crippen molar-refractivity contribution in [1.82, 2.24) is 14.3 Å². The topological polar surface area (TPSA) is 99.0 Å². The van der Waals surface area contributed by atoms with Crippen molar-refractivity contribution in [3.63, 3.8) is 0 Å². The predicted molar refractivity (Wildman–Crippen MR) is 114 cm³/mol. The standard InChI is InChI=1S/C20H21N5O2S2/c1-3-25(13-5-11-21)29(26,27)19-9-8-18(28-19)17-10-12-22-20(24-17)23-16-7-4-6-15(2)14-16/h4,6-10,12,14H,3,5,13H2,1-2H3,(H,22,23,24). The summed E-state index contributed by atoms with van der Waals surface area (Å²) in [5.74, 6) is 0.440. The second-order valence-electron chi connectivity index (χ2n) is 6.28. The van der Waals surface area contributed by atoms with Crippen molar-refractivity contribution < 1.29 is 8.42 Å². The third kappa shape index (κ3) is 4.98. The summed E-state index contributed by atoms with van der Waals surface area (Å²) in [7, 11) is -3.63. The van der Waals surface area contributed by atoms with Crippen molar-refractivity contribution in [1.29, 1.82) is 5.26 Å². The van der Waals surface area contributed by atoms with Crippen LogP contribution in [-0.4, -0.2) is 35.8 Å². The first-order valence-electron chi connectivity index (χ1n) is 9.08. The molecule has 2 heterocycles. The van der Waals surface area contributed by atoms with Gasteiger partial charge in [0.25, 0.3) is 10.0 Å². The normalized spacial score (nSPS) is 11.4. The lowest BCUT2D eigenvalue weighted by Crippen LogP contribution is -2.31. The van der Waals surface area contributed by atoms with E-state index in [9.17, 15) is 8.42 Å². The van der Waals surface area contributed by atoms with E-state index < -0.39 is 10.0 Å². The molecule has 0 amide bonds. The molecule has 1 aromatic carbocycles. The Morgan fingerprint density at radius 2 is 2.07 bits per heavy atom. The van der Waals surface area contributed by atoms with E-state index >= 15 is 0 Å². The van der Waals surface area contributed by atoms with Crippen LogP contribution < -0.4 is 5.32 Å². The second kappa shape index (κ2) is 9.13. The fourth-order valence-corrected chi connectivity index (χ4v) is 5.63. The fraction of sp³-hybridized carbons (Fsp3) is 0.250. The molecule has 3 rings (SSSR count). The number of hydrogen-bond acceptors (Lipinski definition) is 7. The maximum Gasteiger partial charge on any atom is 0.252 e. The van der Waals surface area contributed by atoms with E-state index in [4.69, 9.17) is 5.26 Å². The largest absolute Gasteiger partial charge is 0.324 e. The molecule has 7 nitrogen and oxygen atoms in total. The maximum atomic E-state index is 12.8. The number of thiophene rings is 1. The summed E-state index contributed by atoms with van der Waals surface area (Å²) in [5, 5.41) is 11.9. The Kier molecular flexibility index (Phi) is 6.59. The molecule has 0 radical (unpaired) electrons. The maximum absolute atomic E-state index is 12.8. The average Bonchev–Trinajstić information content (AvgIpc) is 3.20. The van der Waals surface area contributed by atoms with Gasteiger partial charge in [0.2, 0.25) is 5.95 Å². The van der Waals surface area contributed by atoms with Gasteiger partial charge in [0.05, 0.1) is 16.6 Å². The van der Waals surface area contributed by atoms with Crippen molar-refractivity contribution in [3.05, 3.63) is 54.2 Å². The number of hydrogen-bond donors (Lipinski definition) is 1. The quantitative estimate of drug-likeness (QED) is 0.579.